The molecule has 1 aromatic heterocycles. The molecule has 1 aromatic carbocycles. The van der Waals surface area contributed by atoms with Crippen molar-refractivity contribution in [3.05, 3.63) is 42.1 Å². The second kappa shape index (κ2) is 5.93. The van der Waals surface area contributed by atoms with E-state index < -0.39 is 0 Å². The molecule has 4 atom stereocenters. The Hall–Kier alpha value is -1.94. The normalized spacial score (nSPS) is 29.1. The van der Waals surface area contributed by atoms with Crippen LogP contribution >= 0.6 is 0 Å². The van der Waals surface area contributed by atoms with Gasteiger partial charge in [-0.3, -0.25) is 9.78 Å². The van der Waals surface area contributed by atoms with Crippen LogP contribution in [0, 0.1) is 17.8 Å². The van der Waals surface area contributed by atoms with Crippen LogP contribution in [0.5, 0.6) is 0 Å². The van der Waals surface area contributed by atoms with Crippen molar-refractivity contribution < 1.29 is 4.79 Å². The molecule has 2 fully saturated rings. The van der Waals surface area contributed by atoms with Gasteiger partial charge in [0.05, 0.1) is 5.52 Å². The Kier molecular flexibility index (Phi) is 3.77. The van der Waals surface area contributed by atoms with Crippen molar-refractivity contribution >= 4 is 16.8 Å². The summed E-state index contributed by atoms with van der Waals surface area (Å²) in [5, 5.41) is 4.26. The quantitative estimate of drug-likeness (QED) is 0.910. The number of hydrogen-bond acceptors (Lipinski definition) is 3. The van der Waals surface area contributed by atoms with Crippen molar-refractivity contribution in [1.82, 2.24) is 10.3 Å². The number of fused-ring (bicyclic) bond motifs is 2. The predicted molar refractivity (Wildman–Crippen MR) is 90.8 cm³/mol. The summed E-state index contributed by atoms with van der Waals surface area (Å²) in [6.07, 6.45) is 5.79. The van der Waals surface area contributed by atoms with E-state index in [2.05, 4.69) is 28.5 Å². The molecule has 4 rings (SSSR count). The maximum absolute atomic E-state index is 12.3. The van der Waals surface area contributed by atoms with E-state index in [4.69, 9.17) is 5.73 Å². The number of nitrogens with one attached hydrogen (secondary N) is 1. The fourth-order valence-electron chi connectivity index (χ4n) is 4.25. The Balaban J connectivity index is 1.30. The number of amides is 1. The molecule has 0 aliphatic heterocycles. The SMILES string of the molecule is NC1CC2CC(C(=O)NCCc3ccc4ncccc4c3)CC12. The van der Waals surface area contributed by atoms with E-state index in [9.17, 15) is 4.79 Å². The van der Waals surface area contributed by atoms with Crippen LogP contribution in [0.3, 0.4) is 0 Å². The summed E-state index contributed by atoms with van der Waals surface area (Å²) < 4.78 is 0. The maximum Gasteiger partial charge on any atom is 0.223 e. The number of carbonyl (C=O) groups excluding carboxylic acids is 1. The lowest BCUT2D eigenvalue weighted by molar-refractivity contribution is -0.124. The third kappa shape index (κ3) is 2.83. The van der Waals surface area contributed by atoms with Gasteiger partial charge >= 0.3 is 0 Å². The first kappa shape index (κ1) is 14.6. The van der Waals surface area contributed by atoms with Gasteiger partial charge in [-0.25, -0.2) is 0 Å². The third-order valence-electron chi connectivity index (χ3n) is 5.63. The predicted octanol–water partition coefficient (Wildman–Crippen LogP) is 2.27. The molecule has 4 heteroatoms. The van der Waals surface area contributed by atoms with E-state index >= 15 is 0 Å². The molecule has 2 aromatic rings. The average Bonchev–Trinajstić information content (AvgIpc) is 2.92. The van der Waals surface area contributed by atoms with Gasteiger partial charge in [0, 0.05) is 30.1 Å². The van der Waals surface area contributed by atoms with Crippen LogP contribution < -0.4 is 11.1 Å². The minimum absolute atomic E-state index is 0.180. The topological polar surface area (TPSA) is 68.0 Å². The maximum atomic E-state index is 12.3. The van der Waals surface area contributed by atoms with Crippen LogP contribution in [0.1, 0.15) is 24.8 Å². The number of rotatable bonds is 4. The van der Waals surface area contributed by atoms with Gasteiger partial charge in [0.1, 0.15) is 0 Å². The van der Waals surface area contributed by atoms with Crippen LogP contribution in [0.4, 0.5) is 0 Å². The Morgan fingerprint density at radius 2 is 2.17 bits per heavy atom. The van der Waals surface area contributed by atoms with Crippen LogP contribution in [-0.4, -0.2) is 23.5 Å². The zero-order valence-electron chi connectivity index (χ0n) is 13.2. The molecule has 0 spiro atoms. The molecule has 4 unspecified atom stereocenters. The van der Waals surface area contributed by atoms with Crippen LogP contribution in [0.25, 0.3) is 10.9 Å². The number of aromatic nitrogens is 1. The number of hydrogen-bond donors (Lipinski definition) is 2. The lowest BCUT2D eigenvalue weighted by Crippen LogP contribution is -2.44. The molecule has 23 heavy (non-hydrogen) atoms. The first-order chi connectivity index (χ1) is 11.2. The lowest BCUT2D eigenvalue weighted by Gasteiger charge is -2.37. The Labute approximate surface area is 136 Å². The molecule has 0 radical (unpaired) electrons. The van der Waals surface area contributed by atoms with E-state index in [1.807, 2.05) is 18.3 Å². The minimum atomic E-state index is 0.180. The summed E-state index contributed by atoms with van der Waals surface area (Å²) in [7, 11) is 0. The number of benzene rings is 1. The van der Waals surface area contributed by atoms with Gasteiger partial charge in [0.25, 0.3) is 0 Å². The highest BCUT2D eigenvalue weighted by atomic mass is 16.1. The van der Waals surface area contributed by atoms with Gasteiger partial charge in [-0.2, -0.15) is 0 Å². The highest BCUT2D eigenvalue weighted by Gasteiger charge is 2.47. The van der Waals surface area contributed by atoms with Gasteiger partial charge in [-0.15, -0.1) is 0 Å². The van der Waals surface area contributed by atoms with Gasteiger partial charge in [0.15, 0.2) is 0 Å². The van der Waals surface area contributed by atoms with Gasteiger partial charge in [0.2, 0.25) is 5.91 Å². The zero-order valence-corrected chi connectivity index (χ0v) is 13.2. The second-order valence-corrected chi connectivity index (χ2v) is 7.06. The van der Waals surface area contributed by atoms with Crippen molar-refractivity contribution in [3.8, 4) is 0 Å². The van der Waals surface area contributed by atoms with E-state index in [1.54, 1.807) is 0 Å². The van der Waals surface area contributed by atoms with Crippen molar-refractivity contribution in [3.63, 3.8) is 0 Å². The van der Waals surface area contributed by atoms with Crippen molar-refractivity contribution in [2.45, 2.75) is 31.7 Å². The standard InChI is InChI=1S/C19H23N3O/c20-17-11-14-9-15(10-16(14)17)19(23)22-7-5-12-3-4-18-13(8-12)2-1-6-21-18/h1-4,6,8,14-17H,5,7,9-11,20H2,(H,22,23). The Morgan fingerprint density at radius 1 is 1.26 bits per heavy atom. The molecule has 1 heterocycles. The summed E-state index contributed by atoms with van der Waals surface area (Å²) >= 11 is 0. The summed E-state index contributed by atoms with van der Waals surface area (Å²) in [4.78, 5) is 16.6. The van der Waals surface area contributed by atoms with Crippen LogP contribution in [-0.2, 0) is 11.2 Å². The molecule has 120 valence electrons. The van der Waals surface area contributed by atoms with Gasteiger partial charge in [-0.05, 0) is 61.3 Å². The fourth-order valence-corrected chi connectivity index (χ4v) is 4.25. The summed E-state index contributed by atoms with van der Waals surface area (Å²) in [6.45, 7) is 0.697. The summed E-state index contributed by atoms with van der Waals surface area (Å²) in [5.74, 6) is 1.70. The molecule has 1 amide bonds. The van der Waals surface area contributed by atoms with Gasteiger partial charge in [-0.1, -0.05) is 12.1 Å². The number of nitrogens with zero attached hydrogens (tertiary/aromatic N) is 1. The van der Waals surface area contributed by atoms with Crippen molar-refractivity contribution in [2.75, 3.05) is 6.54 Å². The molecule has 2 saturated carbocycles. The minimum Gasteiger partial charge on any atom is -0.356 e. The highest BCUT2D eigenvalue weighted by Crippen LogP contribution is 2.48. The molecule has 3 N–H and O–H groups in total. The molecule has 0 bridgehead atoms. The van der Waals surface area contributed by atoms with E-state index in [0.717, 1.165) is 36.6 Å². The first-order valence-electron chi connectivity index (χ1n) is 8.57. The van der Waals surface area contributed by atoms with Crippen molar-refractivity contribution in [1.29, 1.82) is 0 Å². The molecular formula is C19H23N3O. The Bertz CT molecular complexity index is 729. The molecule has 2 aliphatic carbocycles. The van der Waals surface area contributed by atoms with E-state index in [0.29, 0.717) is 24.4 Å². The fraction of sp³-hybridized carbons (Fsp3) is 0.474. The smallest absolute Gasteiger partial charge is 0.223 e. The monoisotopic (exact) mass is 309 g/mol. The number of pyridine rings is 1. The molecule has 0 saturated heterocycles. The van der Waals surface area contributed by atoms with E-state index in [1.165, 1.54) is 5.56 Å². The third-order valence-corrected chi connectivity index (χ3v) is 5.63. The largest absolute Gasteiger partial charge is 0.356 e. The van der Waals surface area contributed by atoms with E-state index in [-0.39, 0.29) is 11.8 Å². The van der Waals surface area contributed by atoms with Crippen LogP contribution in [0.15, 0.2) is 36.5 Å². The molecular weight excluding hydrogens is 286 g/mol. The summed E-state index contributed by atoms with van der Waals surface area (Å²) in [6, 6.07) is 10.7. The average molecular weight is 309 g/mol. The number of carbonyl (C=O) groups is 1. The zero-order chi connectivity index (χ0) is 15.8. The Morgan fingerprint density at radius 3 is 3.00 bits per heavy atom. The molecule has 2 aliphatic rings. The number of nitrogens with two attached hydrogens (primary N) is 1. The van der Waals surface area contributed by atoms with Gasteiger partial charge < -0.3 is 11.1 Å². The molecule has 4 nitrogen and oxygen atoms in total. The summed E-state index contributed by atoms with van der Waals surface area (Å²) in [5.41, 5.74) is 8.26. The van der Waals surface area contributed by atoms with Crippen molar-refractivity contribution in [2.24, 2.45) is 23.5 Å². The second-order valence-electron chi connectivity index (χ2n) is 7.06. The first-order valence-corrected chi connectivity index (χ1v) is 8.57. The highest BCUT2D eigenvalue weighted by molar-refractivity contribution is 5.80. The lowest BCUT2D eigenvalue weighted by atomic mass is 9.72. The van der Waals surface area contributed by atoms with Crippen LogP contribution in [0.2, 0.25) is 0 Å².